The Hall–Kier alpha value is -3.42. The van der Waals surface area contributed by atoms with Crippen LogP contribution in [-0.4, -0.2) is 18.7 Å². The van der Waals surface area contributed by atoms with E-state index in [9.17, 15) is 10.1 Å². The molecule has 0 spiro atoms. The molecule has 4 heteroatoms. The predicted octanol–water partition coefficient (Wildman–Crippen LogP) is 7.77. The number of nitrogens with zero attached hydrogens (tertiary/aromatic N) is 1. The minimum absolute atomic E-state index is 0.486. The lowest BCUT2D eigenvalue weighted by Crippen LogP contribution is -2.29. The lowest BCUT2D eigenvalue weighted by molar-refractivity contribution is -0.164. The topological polar surface area (TPSA) is 59.3 Å². The van der Waals surface area contributed by atoms with Crippen LogP contribution in [-0.2, 0) is 14.3 Å². The van der Waals surface area contributed by atoms with Gasteiger partial charge in [-0.25, -0.2) is 4.79 Å². The van der Waals surface area contributed by atoms with Crippen LogP contribution in [0.25, 0.3) is 22.3 Å². The molecule has 0 aliphatic heterocycles. The Balaban J connectivity index is 2.53. The molecule has 0 aliphatic carbocycles. The second-order valence-corrected chi connectivity index (χ2v) is 10.6. The Morgan fingerprint density at radius 2 is 1.31 bits per heavy atom. The van der Waals surface area contributed by atoms with E-state index >= 15 is 0 Å². The Labute approximate surface area is 215 Å². The third kappa shape index (κ3) is 5.22. The van der Waals surface area contributed by atoms with Crippen LogP contribution in [0.1, 0.15) is 71.4 Å². The third-order valence-corrected chi connectivity index (χ3v) is 6.90. The third-order valence-electron chi connectivity index (χ3n) is 6.90. The molecule has 36 heavy (non-hydrogen) atoms. The predicted molar refractivity (Wildman–Crippen MR) is 146 cm³/mol. The number of aryl methyl sites for hydroxylation is 4. The summed E-state index contributed by atoms with van der Waals surface area (Å²) in [6, 6.07) is 15.0. The molecular formula is C32H37NO3. The van der Waals surface area contributed by atoms with E-state index in [0.717, 1.165) is 44.5 Å². The van der Waals surface area contributed by atoms with Crippen LogP contribution in [0.5, 0.6) is 0 Å². The van der Waals surface area contributed by atoms with Gasteiger partial charge in [0.25, 0.3) is 0 Å². The van der Waals surface area contributed by atoms with Gasteiger partial charge in [0.05, 0.1) is 18.3 Å². The Bertz CT molecular complexity index is 1370. The first-order chi connectivity index (χ1) is 16.8. The van der Waals surface area contributed by atoms with Gasteiger partial charge in [-0.2, -0.15) is 5.26 Å². The number of rotatable bonds is 5. The first-order valence-corrected chi connectivity index (χ1v) is 12.3. The molecule has 0 aliphatic rings. The molecule has 0 fully saturated rings. The van der Waals surface area contributed by atoms with Crippen LogP contribution in [0.15, 0.2) is 36.4 Å². The average molecular weight is 484 g/mol. The monoisotopic (exact) mass is 483 g/mol. The second kappa shape index (κ2) is 10.3. The highest BCUT2D eigenvalue weighted by molar-refractivity contribution is 5.90. The number of benzene rings is 3. The van der Waals surface area contributed by atoms with Gasteiger partial charge in [-0.15, -0.1) is 0 Å². The van der Waals surface area contributed by atoms with Gasteiger partial charge in [0.15, 0.2) is 6.10 Å². The molecule has 3 aromatic rings. The molecule has 4 nitrogen and oxygen atoms in total. The van der Waals surface area contributed by atoms with E-state index in [0.29, 0.717) is 11.1 Å². The first kappa shape index (κ1) is 27.2. The van der Waals surface area contributed by atoms with Crippen molar-refractivity contribution in [2.75, 3.05) is 7.11 Å². The largest absolute Gasteiger partial charge is 0.467 e. The maximum atomic E-state index is 13.2. The maximum Gasteiger partial charge on any atom is 0.339 e. The highest BCUT2D eigenvalue weighted by Crippen LogP contribution is 2.44. The Morgan fingerprint density at radius 1 is 0.806 bits per heavy atom. The molecule has 0 bridgehead atoms. The van der Waals surface area contributed by atoms with Crippen molar-refractivity contribution in [3.8, 4) is 28.3 Å². The molecule has 0 N–H and O–H groups in total. The lowest BCUT2D eigenvalue weighted by atomic mass is 9.80. The maximum absolute atomic E-state index is 13.2. The van der Waals surface area contributed by atoms with Crippen molar-refractivity contribution >= 4 is 5.97 Å². The highest BCUT2D eigenvalue weighted by Gasteiger charge is 2.34. The number of carbonyl (C=O) groups excluding carboxylic acids is 1. The fourth-order valence-corrected chi connectivity index (χ4v) is 4.70. The quantitative estimate of drug-likeness (QED) is 0.348. The standard InChI is InChI=1S/C32H37NO3/c1-18-11-13-24(15-20(18)3)27-23(6)28(25-14-12-19(2)21(4)16-25)29(22(5)26(27)17-33)30(31(34)35-10)36-32(7,8)9/h11-16,30H,1-10H3. The van der Waals surface area contributed by atoms with Crippen LogP contribution in [0.3, 0.4) is 0 Å². The first-order valence-electron chi connectivity index (χ1n) is 12.3. The van der Waals surface area contributed by atoms with Crippen molar-refractivity contribution in [1.29, 1.82) is 5.26 Å². The van der Waals surface area contributed by atoms with Crippen molar-refractivity contribution in [2.45, 2.75) is 74.0 Å². The molecule has 0 amide bonds. The van der Waals surface area contributed by atoms with E-state index in [1.54, 1.807) is 0 Å². The summed E-state index contributed by atoms with van der Waals surface area (Å²) < 4.78 is 11.5. The molecule has 3 aromatic carbocycles. The van der Waals surface area contributed by atoms with E-state index in [-0.39, 0.29) is 0 Å². The fourth-order valence-electron chi connectivity index (χ4n) is 4.70. The number of carbonyl (C=O) groups is 1. The highest BCUT2D eigenvalue weighted by atomic mass is 16.6. The Morgan fingerprint density at radius 3 is 1.72 bits per heavy atom. The summed E-state index contributed by atoms with van der Waals surface area (Å²) in [6.07, 6.45) is -0.980. The zero-order valence-electron chi connectivity index (χ0n) is 23.2. The van der Waals surface area contributed by atoms with E-state index in [1.807, 2.05) is 34.6 Å². The number of nitriles is 1. The van der Waals surface area contributed by atoms with E-state index in [2.05, 4.69) is 70.2 Å². The van der Waals surface area contributed by atoms with Gasteiger partial charge >= 0.3 is 5.97 Å². The van der Waals surface area contributed by atoms with Crippen LogP contribution in [0.4, 0.5) is 0 Å². The molecule has 0 saturated carbocycles. The van der Waals surface area contributed by atoms with E-state index < -0.39 is 17.7 Å². The van der Waals surface area contributed by atoms with Gasteiger partial charge in [-0.05, 0) is 112 Å². The summed E-state index contributed by atoms with van der Waals surface area (Å²) in [5, 5.41) is 10.4. The number of hydrogen-bond donors (Lipinski definition) is 0. The number of ether oxygens (including phenoxy) is 2. The van der Waals surface area contributed by atoms with Gasteiger partial charge in [0.1, 0.15) is 6.07 Å². The van der Waals surface area contributed by atoms with Gasteiger partial charge in [0.2, 0.25) is 0 Å². The Kier molecular flexibility index (Phi) is 7.76. The van der Waals surface area contributed by atoms with Crippen molar-refractivity contribution < 1.29 is 14.3 Å². The normalized spacial score (nSPS) is 12.2. The van der Waals surface area contributed by atoms with Crippen molar-refractivity contribution in [3.63, 3.8) is 0 Å². The molecule has 0 radical (unpaired) electrons. The fraction of sp³-hybridized carbons (Fsp3) is 0.375. The molecule has 1 unspecified atom stereocenters. The average Bonchev–Trinajstić information content (AvgIpc) is 2.81. The SMILES string of the molecule is COC(=O)C(OC(C)(C)C)c1c(C)c(C#N)c(-c2ccc(C)c(C)c2)c(C)c1-c1ccc(C)c(C)c1. The summed E-state index contributed by atoms with van der Waals surface area (Å²) in [6.45, 7) is 18.0. The van der Waals surface area contributed by atoms with Gasteiger partial charge in [-0.1, -0.05) is 36.4 Å². The zero-order valence-corrected chi connectivity index (χ0v) is 23.2. The van der Waals surface area contributed by atoms with Gasteiger partial charge in [0, 0.05) is 11.1 Å². The molecule has 188 valence electrons. The van der Waals surface area contributed by atoms with Gasteiger partial charge in [-0.3, -0.25) is 0 Å². The minimum atomic E-state index is -0.980. The van der Waals surface area contributed by atoms with E-state index in [4.69, 9.17) is 9.47 Å². The van der Waals surface area contributed by atoms with E-state index in [1.165, 1.54) is 18.2 Å². The summed E-state index contributed by atoms with van der Waals surface area (Å²) >= 11 is 0. The van der Waals surface area contributed by atoms with Crippen molar-refractivity contribution in [1.82, 2.24) is 0 Å². The summed E-state index contributed by atoms with van der Waals surface area (Å²) in [5.41, 5.74) is 10.7. The van der Waals surface area contributed by atoms with Crippen LogP contribution < -0.4 is 0 Å². The van der Waals surface area contributed by atoms with Crippen molar-refractivity contribution in [2.24, 2.45) is 0 Å². The summed E-state index contributed by atoms with van der Waals surface area (Å²) in [4.78, 5) is 13.2. The molecular weight excluding hydrogens is 446 g/mol. The lowest BCUT2D eigenvalue weighted by Gasteiger charge is -2.31. The molecule has 0 heterocycles. The summed E-state index contributed by atoms with van der Waals surface area (Å²) in [5.74, 6) is -0.486. The molecule has 0 saturated heterocycles. The van der Waals surface area contributed by atoms with Gasteiger partial charge < -0.3 is 9.47 Å². The van der Waals surface area contributed by atoms with Crippen molar-refractivity contribution in [3.05, 3.63) is 80.9 Å². The molecule has 0 aromatic heterocycles. The second-order valence-electron chi connectivity index (χ2n) is 10.6. The van der Waals surface area contributed by atoms with Crippen LogP contribution in [0.2, 0.25) is 0 Å². The smallest absolute Gasteiger partial charge is 0.339 e. The van der Waals surface area contributed by atoms with Crippen LogP contribution in [0, 0.1) is 52.9 Å². The molecule has 1 atom stereocenters. The molecule has 3 rings (SSSR count). The number of methoxy groups -OCH3 is 1. The number of esters is 1. The number of hydrogen-bond acceptors (Lipinski definition) is 4. The summed E-state index contributed by atoms with van der Waals surface area (Å²) in [7, 11) is 1.37. The van der Waals surface area contributed by atoms with Crippen LogP contribution >= 0.6 is 0 Å². The zero-order chi connectivity index (χ0) is 26.9. The minimum Gasteiger partial charge on any atom is -0.467 e.